The lowest BCUT2D eigenvalue weighted by Gasteiger charge is -2.31. The average molecular weight is 1230 g/mol. The molecular formula is C62H64F4N12O9S. The van der Waals surface area contributed by atoms with Gasteiger partial charge in [0.25, 0.3) is 0 Å². The van der Waals surface area contributed by atoms with E-state index in [4.69, 9.17) is 4.98 Å². The van der Waals surface area contributed by atoms with Crippen LogP contribution >= 0.6 is 0 Å². The molecule has 0 saturated carbocycles. The number of carbonyl (C=O) groups is 2. The predicted octanol–water partition coefficient (Wildman–Crippen LogP) is 7.92. The molecule has 8 aromatic rings. The van der Waals surface area contributed by atoms with Crippen molar-refractivity contribution in [2.24, 2.45) is 25.9 Å². The van der Waals surface area contributed by atoms with Gasteiger partial charge in [0.2, 0.25) is 10.9 Å². The second-order valence-corrected chi connectivity index (χ2v) is 24.6. The molecule has 4 fully saturated rings. The predicted molar refractivity (Wildman–Crippen MR) is 327 cm³/mol. The number of carboxylic acids is 2. The normalized spacial score (nSPS) is 18.9. The molecule has 0 unspecified atom stereocenters. The van der Waals surface area contributed by atoms with Crippen molar-refractivity contribution < 1.29 is 50.3 Å². The van der Waals surface area contributed by atoms with Gasteiger partial charge in [-0.05, 0) is 62.0 Å². The van der Waals surface area contributed by atoms with Crippen molar-refractivity contribution in [3.8, 4) is 44.5 Å². The molecular weight excluding hydrogens is 1160 g/mol. The first-order valence-electron chi connectivity index (χ1n) is 27.8. The molecule has 2 aromatic carbocycles. The molecule has 4 aliphatic heterocycles. The van der Waals surface area contributed by atoms with Gasteiger partial charge in [0.15, 0.2) is 23.3 Å². The van der Waals surface area contributed by atoms with Gasteiger partial charge in [-0.15, -0.1) is 0 Å². The SMILES string of the molecule is C.C.CN1C[C@@H]2CCN(c3c(-c4cnc5c(c4)c(=O)c(C(=O)O)cn5C)cnc4c3-c3c(F)c(F)cc(N(C)S(=O)(=O)O)c3C4)[C@@H]2C1.CNc1cc(F)c(F)c2c1Cc1ncc(-c3cnc4c(c3)c(=O)c(C(=O)O)cn4C)c(N3CC[C@H]4CN(C)C[C@H]43)c1-2. The number of anilines is 4. The van der Waals surface area contributed by atoms with Crippen LogP contribution in [0.4, 0.5) is 40.3 Å². The van der Waals surface area contributed by atoms with Crippen LogP contribution in [0.25, 0.3) is 66.6 Å². The number of hydrogen-bond acceptors (Lipinski definition) is 15. The van der Waals surface area contributed by atoms with E-state index in [1.165, 1.54) is 39.9 Å². The number of carboxylic acid groups (broad SMARTS) is 2. The Morgan fingerprint density at radius 3 is 1.49 bits per heavy atom. The zero-order valence-electron chi connectivity index (χ0n) is 47.3. The summed E-state index contributed by atoms with van der Waals surface area (Å²) in [4.78, 5) is 77.2. The van der Waals surface area contributed by atoms with Crippen LogP contribution in [0.3, 0.4) is 0 Å². The molecule has 4 N–H and O–H groups in total. The Kier molecular flexibility index (Phi) is 15.3. The minimum absolute atomic E-state index is 0. The van der Waals surface area contributed by atoms with Crippen molar-refractivity contribution in [3.05, 3.63) is 139 Å². The van der Waals surface area contributed by atoms with E-state index in [0.717, 1.165) is 64.4 Å². The Labute approximate surface area is 503 Å². The number of likely N-dealkylation sites (tertiary alicyclic amines) is 2. The van der Waals surface area contributed by atoms with Gasteiger partial charge in [0.1, 0.15) is 22.4 Å². The molecule has 21 nitrogen and oxygen atoms in total. The third-order valence-corrected chi connectivity index (χ3v) is 19.1. The molecule has 4 saturated heterocycles. The molecule has 14 rings (SSSR count). The van der Waals surface area contributed by atoms with Crippen LogP contribution in [0, 0.1) is 35.1 Å². The molecule has 6 aliphatic rings. The molecule has 0 radical (unpaired) electrons. The number of fused-ring (bicyclic) bond motifs is 10. The van der Waals surface area contributed by atoms with Crippen molar-refractivity contribution in [2.75, 3.05) is 86.9 Å². The summed E-state index contributed by atoms with van der Waals surface area (Å²) in [6.07, 6.45) is 11.0. The van der Waals surface area contributed by atoms with E-state index < -0.39 is 61.9 Å². The topological polar surface area (TPSA) is 253 Å². The lowest BCUT2D eigenvalue weighted by atomic mass is 9.96. The van der Waals surface area contributed by atoms with Crippen LogP contribution in [-0.4, -0.2) is 154 Å². The number of aromatic carboxylic acids is 2. The molecule has 88 heavy (non-hydrogen) atoms. The summed E-state index contributed by atoms with van der Waals surface area (Å²) in [6.45, 7) is 4.71. The van der Waals surface area contributed by atoms with E-state index in [2.05, 4.69) is 46.9 Å². The molecule has 2 aliphatic carbocycles. The Balaban J connectivity index is 0.000000179. The van der Waals surface area contributed by atoms with Gasteiger partial charge in [-0.1, -0.05) is 14.9 Å². The fraction of sp³-hybridized carbons (Fsp3) is 0.355. The highest BCUT2D eigenvalue weighted by Gasteiger charge is 2.46. The van der Waals surface area contributed by atoms with Crippen molar-refractivity contribution in [2.45, 2.75) is 52.6 Å². The minimum atomic E-state index is -4.80. The summed E-state index contributed by atoms with van der Waals surface area (Å²) in [5.41, 5.74) is 4.95. The van der Waals surface area contributed by atoms with Gasteiger partial charge in [-0.3, -0.25) is 28.4 Å². The maximum Gasteiger partial charge on any atom is 0.359 e. The first-order valence-corrected chi connectivity index (χ1v) is 29.1. The van der Waals surface area contributed by atoms with Gasteiger partial charge in [0.05, 0.1) is 39.2 Å². The van der Waals surface area contributed by atoms with Gasteiger partial charge >= 0.3 is 22.2 Å². The van der Waals surface area contributed by atoms with E-state index in [-0.39, 0.29) is 77.7 Å². The van der Waals surface area contributed by atoms with Gasteiger partial charge in [-0.25, -0.2) is 37.1 Å². The molecule has 6 aromatic heterocycles. The summed E-state index contributed by atoms with van der Waals surface area (Å²) in [5, 5.41) is 22.4. The smallest absolute Gasteiger partial charge is 0.359 e. The zero-order chi connectivity index (χ0) is 60.8. The maximum atomic E-state index is 15.9. The van der Waals surface area contributed by atoms with Crippen LogP contribution in [0.1, 0.15) is 70.9 Å². The maximum absolute atomic E-state index is 15.9. The summed E-state index contributed by atoms with van der Waals surface area (Å²) in [7, 11) is 5.25. The largest absolute Gasteiger partial charge is 0.477 e. The number of nitrogens with zero attached hydrogens (tertiary/aromatic N) is 11. The van der Waals surface area contributed by atoms with Crippen LogP contribution < -0.4 is 30.3 Å². The molecule has 0 amide bonds. The number of benzene rings is 2. The van der Waals surface area contributed by atoms with Crippen LogP contribution in [0.2, 0.25) is 0 Å². The number of rotatable bonds is 9. The standard InChI is InChI=1S/C30H28F2N6O6S.C30H28F2N6O3.2CH4/c1-35-11-14-4-5-38(23(14)13-35)27-18(15-6-17-28(39)19(30(40)41)12-36(2)29(17)34-9-15)10-33-21-7-16-22(37(3)45(42,43)44)8-20(31)26(32)24(16)25(21)27;1-33-21-8-20(31)26(32)24-16(21)7-22-25(24)27(38-5-4-14-11-36(2)13-23(14)38)18(10-34-22)15-6-17-28(39)19(30(40)41)12-37(3)29(17)35-9-15;;/h6,8-10,12,14,23H,4-5,7,11,13H2,1-3H3,(H,40,41)(H,42,43,44);6,8-10,12,14,23,33H,4-5,7,11,13H2,1-3H3,(H,40,41);2*1H4/t2*14-,23+;;/m00../s1. The van der Waals surface area contributed by atoms with Crippen LogP contribution in [0.15, 0.2) is 71.0 Å². The Morgan fingerprint density at radius 1 is 0.625 bits per heavy atom. The van der Waals surface area contributed by atoms with Gasteiger partial charge < -0.3 is 44.3 Å². The fourth-order valence-corrected chi connectivity index (χ4v) is 14.7. The van der Waals surface area contributed by atoms with Crippen molar-refractivity contribution in [1.82, 2.24) is 38.9 Å². The fourth-order valence-electron chi connectivity index (χ4n) is 14.3. The minimum Gasteiger partial charge on any atom is -0.477 e. The quantitative estimate of drug-likeness (QED) is 0.0791. The third-order valence-electron chi connectivity index (χ3n) is 18.2. The van der Waals surface area contributed by atoms with E-state index >= 15 is 13.2 Å². The zero-order valence-corrected chi connectivity index (χ0v) is 48.1. The molecule has 10 heterocycles. The number of aryl methyl sites for hydroxylation is 2. The summed E-state index contributed by atoms with van der Waals surface area (Å²) in [5.74, 6) is -6.26. The lowest BCUT2D eigenvalue weighted by Crippen LogP contribution is -2.35. The van der Waals surface area contributed by atoms with E-state index in [1.807, 2.05) is 7.05 Å². The lowest BCUT2D eigenvalue weighted by molar-refractivity contribution is 0.0684. The summed E-state index contributed by atoms with van der Waals surface area (Å²) >= 11 is 0. The molecule has 4 atom stereocenters. The third kappa shape index (κ3) is 9.49. The number of hydrogen-bond donors (Lipinski definition) is 4. The first kappa shape index (κ1) is 60.8. The summed E-state index contributed by atoms with van der Waals surface area (Å²) in [6, 6.07) is 5.30. The molecule has 460 valence electrons. The van der Waals surface area contributed by atoms with Crippen molar-refractivity contribution in [3.63, 3.8) is 0 Å². The van der Waals surface area contributed by atoms with E-state index in [1.54, 1.807) is 45.8 Å². The van der Waals surface area contributed by atoms with Gasteiger partial charge in [0, 0.05) is 192 Å². The van der Waals surface area contributed by atoms with Gasteiger partial charge in [-0.2, -0.15) is 8.42 Å². The number of nitrogens with one attached hydrogen (secondary N) is 1. The van der Waals surface area contributed by atoms with Crippen molar-refractivity contribution >= 4 is 67.1 Å². The van der Waals surface area contributed by atoms with Crippen molar-refractivity contribution in [1.29, 1.82) is 0 Å². The number of halogens is 4. The Bertz CT molecular complexity index is 4570. The summed E-state index contributed by atoms with van der Waals surface area (Å²) < 4.78 is 99.1. The highest BCUT2D eigenvalue weighted by Crippen LogP contribution is 2.54. The molecule has 0 bridgehead atoms. The second-order valence-electron chi connectivity index (χ2n) is 23.2. The number of pyridine rings is 6. The Hall–Kier alpha value is -8.85. The average Bonchev–Trinajstić information content (AvgIpc) is 1.56. The highest BCUT2D eigenvalue weighted by atomic mass is 32.2. The molecule has 26 heteroatoms. The van der Waals surface area contributed by atoms with Crippen LogP contribution in [0.5, 0.6) is 0 Å². The second kappa shape index (κ2) is 22.1. The molecule has 0 spiro atoms. The monoisotopic (exact) mass is 1230 g/mol. The number of likely N-dealkylation sites (N-methyl/N-ethyl adjacent to an activating group) is 2. The van der Waals surface area contributed by atoms with E-state index in [9.17, 15) is 46.8 Å². The highest BCUT2D eigenvalue weighted by molar-refractivity contribution is 7.87. The Morgan fingerprint density at radius 2 is 1.06 bits per heavy atom. The number of aromatic nitrogens is 6. The van der Waals surface area contributed by atoms with E-state index in [0.29, 0.717) is 96.5 Å². The first-order chi connectivity index (χ1) is 40.9. The van der Waals surface area contributed by atoms with Crippen LogP contribution in [-0.2, 0) is 37.2 Å².